The highest BCUT2D eigenvalue weighted by Gasteiger charge is 2.92. The second kappa shape index (κ2) is 6.64. The van der Waals surface area contributed by atoms with Crippen molar-refractivity contribution in [2.45, 2.75) is 61.9 Å². The molecule has 0 saturated carbocycles. The molecule has 5 aliphatic rings. The summed E-state index contributed by atoms with van der Waals surface area (Å²) in [5.74, 6) is -3.09. The maximum absolute atomic E-state index is 12.9. The van der Waals surface area contributed by atoms with Crippen LogP contribution in [0.3, 0.4) is 0 Å². The minimum atomic E-state index is -1.95. The summed E-state index contributed by atoms with van der Waals surface area (Å²) in [6.07, 6.45) is -1.03. The van der Waals surface area contributed by atoms with Crippen LogP contribution in [0.1, 0.15) is 46.0 Å². The number of aromatic hydroxyl groups is 1. The van der Waals surface area contributed by atoms with E-state index in [0.29, 0.717) is 46.9 Å². The predicted molar refractivity (Wildman–Crippen MR) is 118 cm³/mol. The number of carbonyl (C=O) groups excluding carboxylic acids is 1. The Labute approximate surface area is 200 Å². The van der Waals surface area contributed by atoms with Crippen LogP contribution < -0.4 is 9.47 Å². The largest absolute Gasteiger partial charge is 0.506 e. The van der Waals surface area contributed by atoms with Crippen molar-refractivity contribution in [3.63, 3.8) is 0 Å². The Balaban J connectivity index is 1.53. The molecule has 0 amide bonds. The first-order chi connectivity index (χ1) is 16.8. The summed E-state index contributed by atoms with van der Waals surface area (Å²) in [6, 6.07) is 1.88. The minimum Gasteiger partial charge on any atom is -0.506 e. The highest BCUT2D eigenvalue weighted by atomic mass is 16.9. The van der Waals surface area contributed by atoms with Crippen molar-refractivity contribution in [1.29, 1.82) is 0 Å². The van der Waals surface area contributed by atoms with Crippen LogP contribution in [0.2, 0.25) is 0 Å². The predicted octanol–water partition coefficient (Wildman–Crippen LogP) is 2.02. The average molecular weight is 486 g/mol. The number of epoxide rings is 1. The number of phenolic OH excluding ortho intramolecular Hbond substituents is 1. The molecule has 10 heteroatoms. The number of fused-ring (bicyclic) bond motifs is 8. The lowest BCUT2D eigenvalue weighted by Crippen LogP contribution is -2.69. The second-order valence-electron chi connectivity index (χ2n) is 9.83. The maximum atomic E-state index is 12.9. The van der Waals surface area contributed by atoms with Crippen LogP contribution in [-0.2, 0) is 30.1 Å². The van der Waals surface area contributed by atoms with Crippen LogP contribution in [0.4, 0.5) is 0 Å². The number of Topliss-reactive ketones (excluding diaryl/α,β-unsaturated/α-hetero) is 1. The average Bonchev–Trinajstić information content (AvgIpc) is 3.51. The zero-order valence-electron chi connectivity index (χ0n) is 19.8. The standard InChI is InChI=1S/C25H26O10/c1-10-8-12-16(17(27)15-11(18(12)29-2)6-5-7-13(15)26)19-14(10)20-21-24(28,33-19)23(9-32-23)25(34-20,35-21)22(30-3)31-4/h8,20-22,27-28H,5-7,9H2,1-4H3. The molecule has 4 heterocycles. The van der Waals surface area contributed by atoms with Gasteiger partial charge in [-0.05, 0) is 31.4 Å². The maximum Gasteiger partial charge on any atom is 0.274 e. The molecule has 35 heavy (non-hydrogen) atoms. The third-order valence-corrected chi connectivity index (χ3v) is 8.25. The number of ether oxygens (including phenoxy) is 7. The van der Waals surface area contributed by atoms with E-state index in [0.717, 1.165) is 5.56 Å². The molecule has 5 unspecified atom stereocenters. The summed E-state index contributed by atoms with van der Waals surface area (Å²) in [4.78, 5) is 12.9. The Hall–Kier alpha value is -2.47. The molecule has 1 aliphatic carbocycles. The van der Waals surface area contributed by atoms with E-state index in [1.54, 1.807) is 7.11 Å². The fraction of sp³-hybridized carbons (Fsp3) is 0.560. The van der Waals surface area contributed by atoms with Gasteiger partial charge < -0.3 is 43.4 Å². The quantitative estimate of drug-likeness (QED) is 0.490. The molecule has 0 radical (unpaired) electrons. The molecule has 186 valence electrons. The van der Waals surface area contributed by atoms with Crippen LogP contribution in [0.15, 0.2) is 6.07 Å². The van der Waals surface area contributed by atoms with Crippen molar-refractivity contribution in [1.82, 2.24) is 0 Å². The van der Waals surface area contributed by atoms with Crippen molar-refractivity contribution < 1.29 is 48.2 Å². The van der Waals surface area contributed by atoms with Crippen LogP contribution in [0.5, 0.6) is 17.2 Å². The summed E-state index contributed by atoms with van der Waals surface area (Å²) in [5.41, 5.74) is 0.939. The summed E-state index contributed by atoms with van der Waals surface area (Å²) >= 11 is 0. The molecule has 4 aliphatic heterocycles. The zero-order chi connectivity index (χ0) is 24.5. The number of ketones is 1. The number of aryl methyl sites for hydroxylation is 1. The topological polar surface area (TPSA) is 125 Å². The van der Waals surface area contributed by atoms with Gasteiger partial charge >= 0.3 is 0 Å². The first-order valence-corrected chi connectivity index (χ1v) is 11.7. The molecule has 3 saturated heterocycles. The number of methoxy groups -OCH3 is 3. The van der Waals surface area contributed by atoms with Gasteiger partial charge in [-0.3, -0.25) is 4.79 Å². The molecule has 2 bridgehead atoms. The molecular formula is C25H26O10. The number of aliphatic hydroxyl groups is 1. The highest BCUT2D eigenvalue weighted by Crippen LogP contribution is 2.71. The van der Waals surface area contributed by atoms with E-state index in [1.165, 1.54) is 14.2 Å². The summed E-state index contributed by atoms with van der Waals surface area (Å²) in [5, 5.41) is 24.3. The molecule has 10 nitrogen and oxygen atoms in total. The second-order valence-corrected chi connectivity index (χ2v) is 9.83. The van der Waals surface area contributed by atoms with Gasteiger partial charge in [0.1, 0.15) is 23.4 Å². The third kappa shape index (κ3) is 2.21. The Morgan fingerprint density at radius 1 is 1.17 bits per heavy atom. The number of hydrogen-bond donors (Lipinski definition) is 2. The van der Waals surface area contributed by atoms with Gasteiger partial charge in [-0.15, -0.1) is 0 Å². The van der Waals surface area contributed by atoms with Gasteiger partial charge in [-0.25, -0.2) is 0 Å². The lowest BCUT2D eigenvalue weighted by Gasteiger charge is -2.47. The molecule has 2 aromatic rings. The van der Waals surface area contributed by atoms with Crippen LogP contribution in [0, 0.1) is 6.92 Å². The summed E-state index contributed by atoms with van der Waals surface area (Å²) in [6.45, 7) is 1.99. The smallest absolute Gasteiger partial charge is 0.274 e. The van der Waals surface area contributed by atoms with Crippen molar-refractivity contribution in [3.8, 4) is 17.2 Å². The number of benzene rings is 2. The van der Waals surface area contributed by atoms with E-state index in [9.17, 15) is 15.0 Å². The lowest BCUT2D eigenvalue weighted by atomic mass is 9.78. The third-order valence-electron chi connectivity index (χ3n) is 8.25. The van der Waals surface area contributed by atoms with Crippen LogP contribution >= 0.6 is 0 Å². The van der Waals surface area contributed by atoms with Crippen molar-refractivity contribution >= 4 is 16.6 Å². The Kier molecular flexibility index (Phi) is 4.13. The van der Waals surface area contributed by atoms with E-state index in [1.807, 2.05) is 13.0 Å². The van der Waals surface area contributed by atoms with Crippen molar-refractivity contribution in [2.24, 2.45) is 0 Å². The van der Waals surface area contributed by atoms with Crippen molar-refractivity contribution in [3.05, 3.63) is 28.3 Å². The fourth-order valence-electron chi connectivity index (χ4n) is 6.72. The van der Waals surface area contributed by atoms with Gasteiger partial charge in [0.05, 0.1) is 24.7 Å². The molecule has 7 rings (SSSR count). The molecule has 0 aromatic heterocycles. The van der Waals surface area contributed by atoms with Gasteiger partial charge in [0.2, 0.25) is 11.9 Å². The molecule has 3 fully saturated rings. The monoisotopic (exact) mass is 486 g/mol. The lowest BCUT2D eigenvalue weighted by molar-refractivity contribution is -0.344. The minimum absolute atomic E-state index is 0.0954. The van der Waals surface area contributed by atoms with E-state index < -0.39 is 35.7 Å². The highest BCUT2D eigenvalue weighted by molar-refractivity contribution is 6.11. The Morgan fingerprint density at radius 3 is 2.57 bits per heavy atom. The molecular weight excluding hydrogens is 460 g/mol. The number of rotatable bonds is 4. The molecule has 2 aromatic carbocycles. The Morgan fingerprint density at radius 2 is 1.91 bits per heavy atom. The summed E-state index contributed by atoms with van der Waals surface area (Å²) in [7, 11) is 4.45. The van der Waals surface area contributed by atoms with Crippen molar-refractivity contribution in [2.75, 3.05) is 27.9 Å². The summed E-state index contributed by atoms with van der Waals surface area (Å²) < 4.78 is 41.6. The normalized spacial score (nSPS) is 36.0. The van der Waals surface area contributed by atoms with Gasteiger partial charge in [-0.1, -0.05) is 0 Å². The number of carbonyl (C=O) groups is 1. The molecule has 5 atom stereocenters. The van der Waals surface area contributed by atoms with Crippen LogP contribution in [-0.4, -0.2) is 73.5 Å². The van der Waals surface area contributed by atoms with Gasteiger partial charge in [0, 0.05) is 37.2 Å². The molecule has 1 spiro atoms. The fourth-order valence-corrected chi connectivity index (χ4v) is 6.72. The van der Waals surface area contributed by atoms with E-state index >= 15 is 0 Å². The van der Waals surface area contributed by atoms with Gasteiger partial charge in [-0.2, -0.15) is 0 Å². The van der Waals surface area contributed by atoms with E-state index in [2.05, 4.69) is 0 Å². The first-order valence-electron chi connectivity index (χ1n) is 11.7. The Bertz CT molecular complexity index is 1310. The number of phenols is 1. The zero-order valence-corrected chi connectivity index (χ0v) is 19.8. The van der Waals surface area contributed by atoms with Crippen LogP contribution in [0.25, 0.3) is 10.8 Å². The molecule has 2 N–H and O–H groups in total. The van der Waals surface area contributed by atoms with Gasteiger partial charge in [0.25, 0.3) is 11.6 Å². The first kappa shape index (κ1) is 21.8. The SMILES string of the molecule is COc1c2c(c(O)c3c4c(c(C)cc13)C1OC3(C(OC)OC)OC1C(O)(O4)C31CO1)C(=O)CCC2. The number of hydrogen-bond acceptors (Lipinski definition) is 10. The van der Waals surface area contributed by atoms with E-state index in [-0.39, 0.29) is 29.5 Å². The van der Waals surface area contributed by atoms with Gasteiger partial charge in [0.15, 0.2) is 11.9 Å². The van der Waals surface area contributed by atoms with E-state index in [4.69, 9.17) is 33.2 Å².